The molecule has 1 heterocycles. The average Bonchev–Trinajstić information content (AvgIpc) is 3.26. The molecule has 2 fully saturated rings. The molecule has 21 heavy (non-hydrogen) atoms. The highest BCUT2D eigenvalue weighted by atomic mass is 35.5. The fourth-order valence-electron chi connectivity index (χ4n) is 3.24. The van der Waals surface area contributed by atoms with Crippen LogP contribution in [0, 0.1) is 5.92 Å². The van der Waals surface area contributed by atoms with E-state index >= 15 is 0 Å². The standard InChI is InChI=1S/C17H24ClN3/c1-13-4-3-9-21(11-13)16(19)20-12-17(7-8-17)14-5-2-6-15(18)10-14/h2,5-6,10,13H,3-4,7-9,11-12H2,1H3,(H2,19,20). The number of rotatable bonds is 3. The molecule has 1 aliphatic carbocycles. The average molecular weight is 306 g/mol. The molecular formula is C17H24ClN3. The number of hydrogen-bond acceptors (Lipinski definition) is 1. The first kappa shape index (κ1) is 14.7. The van der Waals surface area contributed by atoms with E-state index in [1.165, 1.54) is 31.2 Å². The number of hydrogen-bond donors (Lipinski definition) is 1. The second-order valence-electron chi connectivity index (χ2n) is 6.66. The molecule has 3 nitrogen and oxygen atoms in total. The third kappa shape index (κ3) is 3.34. The summed E-state index contributed by atoms with van der Waals surface area (Å²) >= 11 is 6.11. The Balaban J connectivity index is 1.67. The monoisotopic (exact) mass is 305 g/mol. The van der Waals surface area contributed by atoms with Gasteiger partial charge in [-0.2, -0.15) is 0 Å². The molecule has 3 rings (SSSR count). The minimum atomic E-state index is 0.178. The van der Waals surface area contributed by atoms with Crippen LogP contribution in [0.25, 0.3) is 0 Å². The van der Waals surface area contributed by atoms with Gasteiger partial charge in [-0.05, 0) is 49.3 Å². The van der Waals surface area contributed by atoms with Crippen LogP contribution in [0.1, 0.15) is 38.2 Å². The highest BCUT2D eigenvalue weighted by Crippen LogP contribution is 2.48. The molecule has 1 unspecified atom stereocenters. The first-order valence-electron chi connectivity index (χ1n) is 7.90. The van der Waals surface area contributed by atoms with Crippen LogP contribution in [0.4, 0.5) is 0 Å². The summed E-state index contributed by atoms with van der Waals surface area (Å²) in [6.45, 7) is 5.15. The number of guanidine groups is 1. The predicted octanol–water partition coefficient (Wildman–Crippen LogP) is 3.42. The van der Waals surface area contributed by atoms with Gasteiger partial charge in [0.1, 0.15) is 0 Å². The van der Waals surface area contributed by atoms with Gasteiger partial charge in [-0.1, -0.05) is 30.7 Å². The second-order valence-corrected chi connectivity index (χ2v) is 7.09. The Labute approximate surface area is 132 Å². The molecule has 1 aromatic rings. The van der Waals surface area contributed by atoms with Crippen LogP contribution >= 0.6 is 11.6 Å². The minimum Gasteiger partial charge on any atom is -0.370 e. The van der Waals surface area contributed by atoms with E-state index in [1.807, 2.05) is 12.1 Å². The lowest BCUT2D eigenvalue weighted by Gasteiger charge is -2.32. The zero-order valence-electron chi connectivity index (χ0n) is 12.7. The minimum absolute atomic E-state index is 0.178. The molecule has 0 aromatic heterocycles. The number of halogens is 1. The summed E-state index contributed by atoms with van der Waals surface area (Å²) in [5.74, 6) is 1.44. The van der Waals surface area contributed by atoms with E-state index in [1.54, 1.807) is 0 Å². The highest BCUT2D eigenvalue weighted by Gasteiger charge is 2.44. The number of aliphatic imine (C=N–C) groups is 1. The van der Waals surface area contributed by atoms with Crippen molar-refractivity contribution >= 4 is 17.6 Å². The van der Waals surface area contributed by atoms with E-state index in [4.69, 9.17) is 22.3 Å². The summed E-state index contributed by atoms with van der Waals surface area (Å²) in [6.07, 6.45) is 4.88. The third-order valence-electron chi connectivity index (χ3n) is 4.82. The Bertz CT molecular complexity index is 537. The third-order valence-corrected chi connectivity index (χ3v) is 5.05. The van der Waals surface area contributed by atoms with Gasteiger partial charge in [0.2, 0.25) is 0 Å². The normalized spacial score (nSPS) is 25.0. The summed E-state index contributed by atoms with van der Waals surface area (Å²) in [6, 6.07) is 8.18. The van der Waals surface area contributed by atoms with Crippen LogP contribution in [-0.4, -0.2) is 30.5 Å². The molecule has 2 N–H and O–H groups in total. The van der Waals surface area contributed by atoms with Crippen LogP contribution in [0.15, 0.2) is 29.3 Å². The molecule has 0 bridgehead atoms. The Morgan fingerprint density at radius 3 is 2.95 bits per heavy atom. The first-order chi connectivity index (χ1) is 10.1. The van der Waals surface area contributed by atoms with Gasteiger partial charge in [0.15, 0.2) is 5.96 Å². The van der Waals surface area contributed by atoms with Crippen LogP contribution < -0.4 is 5.73 Å². The largest absolute Gasteiger partial charge is 0.370 e. The van der Waals surface area contributed by atoms with Crippen molar-refractivity contribution in [3.05, 3.63) is 34.9 Å². The molecule has 1 atom stereocenters. The molecule has 4 heteroatoms. The van der Waals surface area contributed by atoms with Crippen molar-refractivity contribution in [2.24, 2.45) is 16.6 Å². The molecule has 0 radical (unpaired) electrons. The van der Waals surface area contributed by atoms with Crippen LogP contribution in [0.2, 0.25) is 5.02 Å². The number of benzene rings is 1. The molecule has 2 aliphatic rings. The molecule has 1 aliphatic heterocycles. The van der Waals surface area contributed by atoms with Gasteiger partial charge in [-0.3, -0.25) is 4.99 Å². The summed E-state index contributed by atoms with van der Waals surface area (Å²) in [5, 5.41) is 0.806. The topological polar surface area (TPSA) is 41.6 Å². The van der Waals surface area contributed by atoms with Gasteiger partial charge in [0.05, 0.1) is 6.54 Å². The predicted molar refractivity (Wildman–Crippen MR) is 88.8 cm³/mol. The number of nitrogens with two attached hydrogens (primary N) is 1. The summed E-state index contributed by atoms with van der Waals surface area (Å²) in [5.41, 5.74) is 7.69. The number of nitrogens with zero attached hydrogens (tertiary/aromatic N) is 2. The van der Waals surface area contributed by atoms with Crippen LogP contribution in [-0.2, 0) is 5.41 Å². The molecule has 1 saturated carbocycles. The molecular weight excluding hydrogens is 282 g/mol. The first-order valence-corrected chi connectivity index (χ1v) is 8.28. The zero-order chi connectivity index (χ0) is 14.9. The smallest absolute Gasteiger partial charge is 0.191 e. The van der Waals surface area contributed by atoms with E-state index in [2.05, 4.69) is 24.0 Å². The fourth-order valence-corrected chi connectivity index (χ4v) is 3.43. The lowest BCUT2D eigenvalue weighted by atomic mass is 9.96. The highest BCUT2D eigenvalue weighted by molar-refractivity contribution is 6.30. The van der Waals surface area contributed by atoms with Crippen molar-refractivity contribution in [1.82, 2.24) is 4.90 Å². The molecule has 0 spiro atoms. The van der Waals surface area contributed by atoms with E-state index < -0.39 is 0 Å². The van der Waals surface area contributed by atoms with Crippen molar-refractivity contribution in [3.8, 4) is 0 Å². The van der Waals surface area contributed by atoms with Crippen molar-refractivity contribution in [1.29, 1.82) is 0 Å². The maximum absolute atomic E-state index is 6.20. The number of piperidine rings is 1. The van der Waals surface area contributed by atoms with E-state index in [0.29, 0.717) is 0 Å². The maximum atomic E-state index is 6.20. The van der Waals surface area contributed by atoms with Crippen LogP contribution in [0.3, 0.4) is 0 Å². The molecule has 114 valence electrons. The van der Waals surface area contributed by atoms with Gasteiger partial charge in [-0.25, -0.2) is 0 Å². The van der Waals surface area contributed by atoms with Crippen LogP contribution in [0.5, 0.6) is 0 Å². The molecule has 1 aromatic carbocycles. The van der Waals surface area contributed by atoms with E-state index in [9.17, 15) is 0 Å². The van der Waals surface area contributed by atoms with Crippen molar-refractivity contribution < 1.29 is 0 Å². The Morgan fingerprint density at radius 2 is 2.29 bits per heavy atom. The van der Waals surface area contributed by atoms with Gasteiger partial charge in [0.25, 0.3) is 0 Å². The summed E-state index contributed by atoms with van der Waals surface area (Å²) in [7, 11) is 0. The molecule has 1 saturated heterocycles. The van der Waals surface area contributed by atoms with E-state index in [0.717, 1.165) is 36.5 Å². The molecule has 0 amide bonds. The van der Waals surface area contributed by atoms with Gasteiger partial charge in [0, 0.05) is 23.5 Å². The lowest BCUT2D eigenvalue weighted by molar-refractivity contribution is 0.270. The quantitative estimate of drug-likeness (QED) is 0.687. The van der Waals surface area contributed by atoms with Crippen molar-refractivity contribution in [2.75, 3.05) is 19.6 Å². The van der Waals surface area contributed by atoms with E-state index in [-0.39, 0.29) is 5.41 Å². The summed E-state index contributed by atoms with van der Waals surface area (Å²) in [4.78, 5) is 6.94. The van der Waals surface area contributed by atoms with Gasteiger partial charge >= 0.3 is 0 Å². The lowest BCUT2D eigenvalue weighted by Crippen LogP contribution is -2.43. The van der Waals surface area contributed by atoms with Crippen molar-refractivity contribution in [2.45, 2.75) is 38.0 Å². The Hall–Kier alpha value is -1.22. The van der Waals surface area contributed by atoms with Gasteiger partial charge in [-0.15, -0.1) is 0 Å². The maximum Gasteiger partial charge on any atom is 0.191 e. The SMILES string of the molecule is CC1CCCN(C(N)=NCC2(c3cccc(Cl)c3)CC2)C1. The second kappa shape index (κ2) is 5.88. The Kier molecular flexibility index (Phi) is 4.12. The zero-order valence-corrected chi connectivity index (χ0v) is 13.4. The number of likely N-dealkylation sites (tertiary alicyclic amines) is 1. The van der Waals surface area contributed by atoms with Gasteiger partial charge < -0.3 is 10.6 Å². The fraction of sp³-hybridized carbons (Fsp3) is 0.588. The van der Waals surface area contributed by atoms with Crippen molar-refractivity contribution in [3.63, 3.8) is 0 Å². The summed E-state index contributed by atoms with van der Waals surface area (Å²) < 4.78 is 0. The Morgan fingerprint density at radius 1 is 1.48 bits per heavy atom.